The van der Waals surface area contributed by atoms with Crippen molar-refractivity contribution in [3.63, 3.8) is 0 Å². The van der Waals surface area contributed by atoms with Crippen molar-refractivity contribution < 1.29 is 4.79 Å². The number of nitrogens with zero attached hydrogens (tertiary/aromatic N) is 1. The second kappa shape index (κ2) is 8.73. The molecule has 0 aliphatic heterocycles. The Morgan fingerprint density at radius 3 is 2.41 bits per heavy atom. The Kier molecular flexibility index (Phi) is 6.65. The van der Waals surface area contributed by atoms with Crippen LogP contribution in [-0.2, 0) is 11.2 Å². The van der Waals surface area contributed by atoms with E-state index in [1.165, 1.54) is 38.5 Å². The molecule has 1 aliphatic rings. The van der Waals surface area contributed by atoms with Gasteiger partial charge >= 0.3 is 0 Å². The van der Waals surface area contributed by atoms with E-state index in [2.05, 4.69) is 13.0 Å². The molecule has 1 aromatic rings. The molecule has 0 atom stereocenters. The number of carbonyl (C=O) groups is 1. The summed E-state index contributed by atoms with van der Waals surface area (Å²) in [7, 11) is 0. The predicted octanol–water partition coefficient (Wildman–Crippen LogP) is 5.06. The number of hydrogen-bond donors (Lipinski definition) is 0. The second-order valence-corrected chi connectivity index (χ2v) is 6.67. The Bertz CT molecular complexity index is 504. The molecule has 2 heteroatoms. The van der Waals surface area contributed by atoms with E-state index in [1.54, 1.807) is 12.1 Å². The molecule has 0 radical (unpaired) electrons. The summed E-state index contributed by atoms with van der Waals surface area (Å²) < 4.78 is 0. The highest BCUT2D eigenvalue weighted by Crippen LogP contribution is 2.33. The molecule has 1 aromatic carbocycles. The third-order valence-electron chi connectivity index (χ3n) is 4.98. The molecule has 118 valence electrons. The van der Waals surface area contributed by atoms with Gasteiger partial charge in [0.2, 0.25) is 0 Å². The summed E-state index contributed by atoms with van der Waals surface area (Å²) in [6, 6.07) is 9.53. The van der Waals surface area contributed by atoms with Crippen LogP contribution in [0.1, 0.15) is 69.4 Å². The zero-order valence-corrected chi connectivity index (χ0v) is 13.7. The molecule has 0 heterocycles. The minimum Gasteiger partial charge on any atom is -0.299 e. The summed E-state index contributed by atoms with van der Waals surface area (Å²) >= 11 is 0. The van der Waals surface area contributed by atoms with Gasteiger partial charge in [-0.15, -0.1) is 0 Å². The van der Waals surface area contributed by atoms with Crippen LogP contribution >= 0.6 is 0 Å². The van der Waals surface area contributed by atoms with Crippen LogP contribution in [0.2, 0.25) is 0 Å². The highest BCUT2D eigenvalue weighted by atomic mass is 16.1. The first-order chi connectivity index (χ1) is 10.7. The van der Waals surface area contributed by atoms with Crippen LogP contribution in [0.15, 0.2) is 24.3 Å². The molecule has 0 spiro atoms. The summed E-state index contributed by atoms with van der Waals surface area (Å²) in [4.78, 5) is 12.4. The molecule has 0 amide bonds. The molecule has 0 N–H and O–H groups in total. The third kappa shape index (κ3) is 4.98. The van der Waals surface area contributed by atoms with E-state index in [1.807, 2.05) is 12.1 Å². The number of nitriles is 1. The normalized spacial score (nSPS) is 21.3. The minimum absolute atomic E-state index is 0.262. The lowest BCUT2D eigenvalue weighted by Crippen LogP contribution is -2.23. The monoisotopic (exact) mass is 297 g/mol. The van der Waals surface area contributed by atoms with Gasteiger partial charge in [0, 0.05) is 12.3 Å². The standard InChI is InChI=1S/C20H27NO/c1-2-3-4-5-16-10-12-19(13-11-16)20(22)14-17-6-8-18(15-21)9-7-17/h6-9,16,19H,2-5,10-14H2,1H3/t16-,19-. The molecule has 0 aromatic heterocycles. The van der Waals surface area contributed by atoms with Crippen molar-refractivity contribution in [1.29, 1.82) is 5.26 Å². The maximum atomic E-state index is 12.4. The van der Waals surface area contributed by atoms with Gasteiger partial charge in [0.1, 0.15) is 5.78 Å². The fourth-order valence-electron chi connectivity index (χ4n) is 3.50. The van der Waals surface area contributed by atoms with Gasteiger partial charge in [0.05, 0.1) is 11.6 Å². The van der Waals surface area contributed by atoms with Crippen LogP contribution in [0.3, 0.4) is 0 Å². The van der Waals surface area contributed by atoms with E-state index >= 15 is 0 Å². The number of hydrogen-bond acceptors (Lipinski definition) is 2. The van der Waals surface area contributed by atoms with Gasteiger partial charge in [-0.1, -0.05) is 44.7 Å². The fraction of sp³-hybridized carbons (Fsp3) is 0.600. The van der Waals surface area contributed by atoms with Gasteiger partial charge in [0.15, 0.2) is 0 Å². The topological polar surface area (TPSA) is 40.9 Å². The van der Waals surface area contributed by atoms with Gasteiger partial charge in [-0.25, -0.2) is 0 Å². The average Bonchev–Trinajstić information content (AvgIpc) is 2.56. The van der Waals surface area contributed by atoms with Gasteiger partial charge in [-0.3, -0.25) is 4.79 Å². The Balaban J connectivity index is 1.76. The number of carbonyl (C=O) groups excluding carboxylic acids is 1. The zero-order chi connectivity index (χ0) is 15.8. The van der Waals surface area contributed by atoms with Crippen molar-refractivity contribution in [2.24, 2.45) is 11.8 Å². The Morgan fingerprint density at radius 2 is 1.82 bits per heavy atom. The van der Waals surface area contributed by atoms with Crippen molar-refractivity contribution in [2.75, 3.05) is 0 Å². The molecule has 2 rings (SSSR count). The highest BCUT2D eigenvalue weighted by molar-refractivity contribution is 5.83. The van der Waals surface area contributed by atoms with E-state index < -0.39 is 0 Å². The van der Waals surface area contributed by atoms with Crippen LogP contribution in [0, 0.1) is 23.2 Å². The van der Waals surface area contributed by atoms with Gasteiger partial charge in [-0.05, 0) is 49.3 Å². The molecule has 0 unspecified atom stereocenters. The largest absolute Gasteiger partial charge is 0.299 e. The quantitative estimate of drug-likeness (QED) is 0.660. The molecular formula is C20H27NO. The number of benzene rings is 1. The van der Waals surface area contributed by atoms with Crippen molar-refractivity contribution in [2.45, 2.75) is 64.7 Å². The lowest BCUT2D eigenvalue weighted by atomic mass is 9.77. The molecule has 1 saturated carbocycles. The van der Waals surface area contributed by atoms with Gasteiger partial charge in [-0.2, -0.15) is 5.26 Å². The number of rotatable bonds is 7. The molecule has 2 nitrogen and oxygen atoms in total. The number of unbranched alkanes of at least 4 members (excludes halogenated alkanes) is 2. The van der Waals surface area contributed by atoms with Crippen molar-refractivity contribution in [3.8, 4) is 6.07 Å². The van der Waals surface area contributed by atoms with Crippen molar-refractivity contribution in [3.05, 3.63) is 35.4 Å². The Morgan fingerprint density at radius 1 is 1.14 bits per heavy atom. The van der Waals surface area contributed by atoms with E-state index in [9.17, 15) is 4.79 Å². The van der Waals surface area contributed by atoms with Gasteiger partial charge < -0.3 is 0 Å². The average molecular weight is 297 g/mol. The van der Waals surface area contributed by atoms with E-state index in [0.29, 0.717) is 17.8 Å². The SMILES string of the molecule is CCCCC[C@H]1CC[C@H](C(=O)Cc2ccc(C#N)cc2)CC1. The van der Waals surface area contributed by atoms with E-state index in [0.717, 1.165) is 24.3 Å². The Labute approximate surface area is 134 Å². The lowest BCUT2D eigenvalue weighted by Gasteiger charge is -2.27. The highest BCUT2D eigenvalue weighted by Gasteiger charge is 2.25. The van der Waals surface area contributed by atoms with Crippen LogP contribution in [-0.4, -0.2) is 5.78 Å². The molecule has 22 heavy (non-hydrogen) atoms. The second-order valence-electron chi connectivity index (χ2n) is 6.67. The number of Topliss-reactive ketones (excluding diaryl/α,β-unsaturated/α-hetero) is 1. The van der Waals surface area contributed by atoms with Crippen molar-refractivity contribution in [1.82, 2.24) is 0 Å². The maximum Gasteiger partial charge on any atom is 0.140 e. The van der Waals surface area contributed by atoms with Crippen LogP contribution in [0.5, 0.6) is 0 Å². The van der Waals surface area contributed by atoms with E-state index in [4.69, 9.17) is 5.26 Å². The van der Waals surface area contributed by atoms with Crippen LogP contribution in [0.4, 0.5) is 0 Å². The smallest absolute Gasteiger partial charge is 0.140 e. The third-order valence-corrected chi connectivity index (χ3v) is 4.98. The summed E-state index contributed by atoms with van der Waals surface area (Å²) in [6.45, 7) is 2.25. The first-order valence-electron chi connectivity index (χ1n) is 8.74. The lowest BCUT2D eigenvalue weighted by molar-refractivity contribution is -0.123. The molecule has 0 bridgehead atoms. The predicted molar refractivity (Wildman–Crippen MR) is 89.5 cm³/mol. The summed E-state index contributed by atoms with van der Waals surface area (Å²) in [5.74, 6) is 1.50. The minimum atomic E-state index is 0.262. The zero-order valence-electron chi connectivity index (χ0n) is 13.7. The fourth-order valence-corrected chi connectivity index (χ4v) is 3.50. The van der Waals surface area contributed by atoms with Crippen LogP contribution in [0.25, 0.3) is 0 Å². The Hall–Kier alpha value is -1.62. The maximum absolute atomic E-state index is 12.4. The summed E-state index contributed by atoms with van der Waals surface area (Å²) in [6.07, 6.45) is 10.5. The first-order valence-corrected chi connectivity index (χ1v) is 8.74. The first kappa shape index (κ1) is 16.7. The van der Waals surface area contributed by atoms with E-state index in [-0.39, 0.29) is 5.92 Å². The summed E-state index contributed by atoms with van der Waals surface area (Å²) in [5.41, 5.74) is 1.69. The molecule has 1 aliphatic carbocycles. The summed E-state index contributed by atoms with van der Waals surface area (Å²) in [5, 5.41) is 8.80. The molecule has 0 saturated heterocycles. The molecule has 1 fully saturated rings. The molecular weight excluding hydrogens is 270 g/mol. The van der Waals surface area contributed by atoms with Crippen LogP contribution < -0.4 is 0 Å². The van der Waals surface area contributed by atoms with Crippen molar-refractivity contribution >= 4 is 5.78 Å². The van der Waals surface area contributed by atoms with Gasteiger partial charge in [0.25, 0.3) is 0 Å². The number of ketones is 1.